The van der Waals surface area contributed by atoms with Gasteiger partial charge in [-0.3, -0.25) is 0 Å². The molecule has 13 rings (SSSR count). The van der Waals surface area contributed by atoms with Gasteiger partial charge < -0.3 is 18.1 Å². The Hall–Kier alpha value is -7.82. The average Bonchev–Trinajstić information content (AvgIpc) is 4.02. The fraction of sp³-hybridized carbons (Fsp3) is 0. The van der Waals surface area contributed by atoms with Gasteiger partial charge in [-0.2, -0.15) is 0 Å². The van der Waals surface area contributed by atoms with E-state index >= 15 is 0 Å². The maximum absolute atomic E-state index is 6.13. The summed E-state index contributed by atoms with van der Waals surface area (Å²) in [7, 11) is 0. The number of rotatable bonds is 4. The van der Waals surface area contributed by atoms with Gasteiger partial charge in [-0.05, 0) is 102 Å². The number of fused-ring (bicyclic) bond motifs is 12. The lowest BCUT2D eigenvalue weighted by Crippen LogP contribution is -1.96. The molecule has 4 nitrogen and oxygen atoms in total. The Balaban J connectivity index is 1.04. The van der Waals surface area contributed by atoms with Crippen LogP contribution in [0.15, 0.2) is 205 Å². The number of aromatic nitrogens is 3. The van der Waals surface area contributed by atoms with Crippen molar-refractivity contribution in [3.05, 3.63) is 200 Å². The van der Waals surface area contributed by atoms with Gasteiger partial charge >= 0.3 is 0 Å². The lowest BCUT2D eigenvalue weighted by Gasteiger charge is -2.11. The summed E-state index contributed by atoms with van der Waals surface area (Å²) in [5.41, 5.74) is 14.7. The molecule has 0 aliphatic rings. The van der Waals surface area contributed by atoms with E-state index < -0.39 is 0 Å². The minimum atomic E-state index is 0.910. The highest BCUT2D eigenvalue weighted by atomic mass is 16.3. The summed E-state index contributed by atoms with van der Waals surface area (Å²) in [5, 5.41) is 9.73. The first-order chi connectivity index (χ1) is 28.8. The molecule has 0 atom stereocenters. The van der Waals surface area contributed by atoms with E-state index in [1.54, 1.807) is 0 Å². The SMILES string of the molecule is c1ccc2c(c1)oc1ccc(-c3ccc(-n4c5ccc(-n6c7ccccc7c7ccccc76)cc5c5cc(-n6c7ccccc7c7ccccc76)ccc54)cc3)cc12. The van der Waals surface area contributed by atoms with E-state index in [-0.39, 0.29) is 0 Å². The molecule has 13 aromatic rings. The molecule has 0 spiro atoms. The summed E-state index contributed by atoms with van der Waals surface area (Å²) in [4.78, 5) is 0. The summed E-state index contributed by atoms with van der Waals surface area (Å²) in [6, 6.07) is 72.7. The van der Waals surface area contributed by atoms with Gasteiger partial charge in [0.15, 0.2) is 0 Å². The van der Waals surface area contributed by atoms with Crippen molar-refractivity contribution in [2.75, 3.05) is 0 Å². The zero-order valence-electron chi connectivity index (χ0n) is 31.3. The monoisotopic (exact) mass is 739 g/mol. The second kappa shape index (κ2) is 11.8. The van der Waals surface area contributed by atoms with Crippen LogP contribution < -0.4 is 0 Å². The van der Waals surface area contributed by atoms with Crippen LogP contribution in [-0.2, 0) is 0 Å². The fourth-order valence-corrected chi connectivity index (χ4v) is 9.67. The summed E-state index contributed by atoms with van der Waals surface area (Å²) in [5.74, 6) is 0. The molecular formula is C54H33N3O. The van der Waals surface area contributed by atoms with Crippen molar-refractivity contribution < 1.29 is 4.42 Å². The van der Waals surface area contributed by atoms with Crippen LogP contribution in [0.1, 0.15) is 0 Å². The molecule has 0 saturated carbocycles. The minimum absolute atomic E-state index is 0.910. The molecule has 9 aromatic carbocycles. The Morgan fingerprint density at radius 2 is 0.621 bits per heavy atom. The van der Waals surface area contributed by atoms with Gasteiger partial charge in [0.1, 0.15) is 11.2 Å². The van der Waals surface area contributed by atoms with Crippen LogP contribution in [0.2, 0.25) is 0 Å². The summed E-state index contributed by atoms with van der Waals surface area (Å²) in [6.45, 7) is 0. The van der Waals surface area contributed by atoms with Gasteiger partial charge in [-0.1, -0.05) is 109 Å². The highest BCUT2D eigenvalue weighted by molar-refractivity contribution is 6.14. The molecule has 58 heavy (non-hydrogen) atoms. The van der Waals surface area contributed by atoms with Gasteiger partial charge in [-0.25, -0.2) is 0 Å². The molecule has 270 valence electrons. The normalized spacial score (nSPS) is 12.1. The Kier molecular flexibility index (Phi) is 6.41. The third-order valence-electron chi connectivity index (χ3n) is 12.2. The number of furan rings is 1. The minimum Gasteiger partial charge on any atom is -0.456 e. The molecule has 0 bridgehead atoms. The molecule has 4 heterocycles. The van der Waals surface area contributed by atoms with Crippen LogP contribution in [0.4, 0.5) is 0 Å². The second-order valence-electron chi connectivity index (χ2n) is 15.3. The van der Waals surface area contributed by atoms with Crippen molar-refractivity contribution in [2.24, 2.45) is 0 Å². The number of hydrogen-bond donors (Lipinski definition) is 0. The van der Waals surface area contributed by atoms with Gasteiger partial charge in [0.05, 0.1) is 33.1 Å². The van der Waals surface area contributed by atoms with Gasteiger partial charge in [0.2, 0.25) is 0 Å². The largest absolute Gasteiger partial charge is 0.456 e. The average molecular weight is 740 g/mol. The number of para-hydroxylation sites is 5. The zero-order valence-corrected chi connectivity index (χ0v) is 31.3. The van der Waals surface area contributed by atoms with Crippen LogP contribution in [0.25, 0.3) is 116 Å². The van der Waals surface area contributed by atoms with Crippen LogP contribution in [-0.4, -0.2) is 13.7 Å². The van der Waals surface area contributed by atoms with Crippen LogP contribution in [0.5, 0.6) is 0 Å². The number of hydrogen-bond acceptors (Lipinski definition) is 1. The van der Waals surface area contributed by atoms with Gasteiger partial charge in [0, 0.05) is 60.2 Å². The fourth-order valence-electron chi connectivity index (χ4n) is 9.67. The predicted octanol–water partition coefficient (Wildman–Crippen LogP) is 14.5. The van der Waals surface area contributed by atoms with E-state index in [2.05, 4.69) is 202 Å². The second-order valence-corrected chi connectivity index (χ2v) is 15.3. The molecule has 0 unspecified atom stereocenters. The maximum Gasteiger partial charge on any atom is 0.135 e. The lowest BCUT2D eigenvalue weighted by atomic mass is 10.0. The van der Waals surface area contributed by atoms with Crippen LogP contribution in [0.3, 0.4) is 0 Å². The standard InChI is InChI=1S/C54H33N3O/c1-6-16-47-39(11-1)40-12-2-7-17-48(40)56(47)37-26-28-51-44(32-37)45-33-38(57-49-18-8-3-13-41(49)42-14-4-9-19-50(42)57)27-29-52(45)55(51)36-24-21-34(22-25-36)35-23-30-54-46(31-35)43-15-5-10-20-53(43)58-54/h1-33H. The summed E-state index contributed by atoms with van der Waals surface area (Å²) >= 11 is 0. The molecule has 0 radical (unpaired) electrons. The van der Waals surface area contributed by atoms with Crippen molar-refractivity contribution in [2.45, 2.75) is 0 Å². The molecule has 0 amide bonds. The molecule has 0 aliphatic heterocycles. The molecule has 0 fully saturated rings. The van der Waals surface area contributed by atoms with E-state index in [0.717, 1.165) is 50.0 Å². The predicted molar refractivity (Wildman–Crippen MR) is 242 cm³/mol. The van der Waals surface area contributed by atoms with Crippen LogP contribution in [0, 0.1) is 0 Å². The smallest absolute Gasteiger partial charge is 0.135 e. The van der Waals surface area contributed by atoms with E-state index in [9.17, 15) is 0 Å². The van der Waals surface area contributed by atoms with E-state index in [0.29, 0.717) is 0 Å². The number of nitrogens with zero attached hydrogens (tertiary/aromatic N) is 3. The van der Waals surface area contributed by atoms with Crippen molar-refractivity contribution in [1.82, 2.24) is 13.7 Å². The van der Waals surface area contributed by atoms with Crippen molar-refractivity contribution in [1.29, 1.82) is 0 Å². The van der Waals surface area contributed by atoms with Crippen LogP contribution >= 0.6 is 0 Å². The third-order valence-corrected chi connectivity index (χ3v) is 12.2. The van der Waals surface area contributed by atoms with Crippen molar-refractivity contribution in [3.63, 3.8) is 0 Å². The molecule has 4 aromatic heterocycles. The first kappa shape index (κ1) is 31.4. The molecule has 0 aliphatic carbocycles. The summed E-state index contributed by atoms with van der Waals surface area (Å²) < 4.78 is 13.4. The van der Waals surface area contributed by atoms with E-state index in [4.69, 9.17) is 4.42 Å². The highest BCUT2D eigenvalue weighted by Gasteiger charge is 2.19. The van der Waals surface area contributed by atoms with E-state index in [1.165, 1.54) is 65.5 Å². The maximum atomic E-state index is 6.13. The topological polar surface area (TPSA) is 27.9 Å². The molecule has 0 saturated heterocycles. The van der Waals surface area contributed by atoms with Crippen molar-refractivity contribution in [3.8, 4) is 28.2 Å². The first-order valence-corrected chi connectivity index (χ1v) is 19.8. The van der Waals surface area contributed by atoms with Gasteiger partial charge in [0.25, 0.3) is 0 Å². The first-order valence-electron chi connectivity index (χ1n) is 19.8. The zero-order chi connectivity index (χ0) is 37.9. The number of benzene rings is 9. The van der Waals surface area contributed by atoms with E-state index in [1.807, 2.05) is 12.1 Å². The van der Waals surface area contributed by atoms with Crippen molar-refractivity contribution >= 4 is 87.4 Å². The van der Waals surface area contributed by atoms with Gasteiger partial charge in [-0.15, -0.1) is 0 Å². The highest BCUT2D eigenvalue weighted by Crippen LogP contribution is 2.40. The Morgan fingerprint density at radius 3 is 1.14 bits per heavy atom. The Bertz CT molecular complexity index is 3520. The lowest BCUT2D eigenvalue weighted by molar-refractivity contribution is 0.669. The molecular weight excluding hydrogens is 707 g/mol. The molecule has 4 heteroatoms. The Labute approximate surface area is 332 Å². The molecule has 0 N–H and O–H groups in total. The Morgan fingerprint density at radius 1 is 0.241 bits per heavy atom. The summed E-state index contributed by atoms with van der Waals surface area (Å²) in [6.07, 6.45) is 0. The quantitative estimate of drug-likeness (QED) is 0.177. The third kappa shape index (κ3) is 4.40.